The average Bonchev–Trinajstić information content (AvgIpc) is 3.59. The monoisotopic (exact) mass is 533 g/mol. The van der Waals surface area contributed by atoms with Gasteiger partial charge in [-0.15, -0.1) is 10.2 Å². The van der Waals surface area contributed by atoms with E-state index in [9.17, 15) is 4.79 Å². The summed E-state index contributed by atoms with van der Waals surface area (Å²) in [6.45, 7) is 8.40. The number of hydrogen-bond acceptors (Lipinski definition) is 5. The Labute approximate surface area is 234 Å². The zero-order chi connectivity index (χ0) is 27.6. The fourth-order valence-corrected chi connectivity index (χ4v) is 5.75. The zero-order valence-corrected chi connectivity index (χ0v) is 23.4. The minimum atomic E-state index is 0.0123. The molecule has 204 valence electrons. The molecule has 5 aromatic rings. The minimum absolute atomic E-state index is 0.0123. The second-order valence-electron chi connectivity index (χ2n) is 11.0. The van der Waals surface area contributed by atoms with Crippen LogP contribution in [0.5, 0.6) is 0 Å². The SMILES string of the molecule is Cc1ccc(Cc2c(C)nc3c(C(=O)N4CCC(Cc5nncn5Cc5ccccc5)CC4)cnn3c2C)cc1. The molecule has 0 atom stereocenters. The number of carbonyl (C=O) groups is 1. The van der Waals surface area contributed by atoms with Crippen LogP contribution in [0.25, 0.3) is 5.65 Å². The molecular formula is C32H35N7O. The van der Waals surface area contributed by atoms with Gasteiger partial charge in [-0.3, -0.25) is 4.79 Å². The fourth-order valence-electron chi connectivity index (χ4n) is 5.75. The molecule has 6 rings (SSSR count). The van der Waals surface area contributed by atoms with Gasteiger partial charge in [0, 0.05) is 37.3 Å². The number of aryl methyl sites for hydroxylation is 3. The molecule has 0 aliphatic carbocycles. The van der Waals surface area contributed by atoms with Crippen molar-refractivity contribution < 1.29 is 4.79 Å². The van der Waals surface area contributed by atoms with Crippen molar-refractivity contribution in [2.24, 2.45) is 5.92 Å². The lowest BCUT2D eigenvalue weighted by Gasteiger charge is -2.31. The van der Waals surface area contributed by atoms with Crippen LogP contribution in [0.1, 0.15) is 62.7 Å². The van der Waals surface area contributed by atoms with E-state index in [-0.39, 0.29) is 5.91 Å². The van der Waals surface area contributed by atoms with Crippen LogP contribution in [0.3, 0.4) is 0 Å². The van der Waals surface area contributed by atoms with Crippen LogP contribution in [0.2, 0.25) is 0 Å². The van der Waals surface area contributed by atoms with E-state index >= 15 is 0 Å². The second kappa shape index (κ2) is 11.0. The summed E-state index contributed by atoms with van der Waals surface area (Å²) in [5, 5.41) is 13.2. The number of aromatic nitrogens is 6. The van der Waals surface area contributed by atoms with Crippen molar-refractivity contribution in [1.29, 1.82) is 0 Å². The number of rotatable bonds is 7. The smallest absolute Gasteiger partial charge is 0.259 e. The first-order chi connectivity index (χ1) is 19.5. The van der Waals surface area contributed by atoms with E-state index in [1.165, 1.54) is 16.7 Å². The summed E-state index contributed by atoms with van der Waals surface area (Å²) in [4.78, 5) is 20.4. The van der Waals surface area contributed by atoms with Crippen molar-refractivity contribution in [3.8, 4) is 0 Å². The normalized spacial score (nSPS) is 14.2. The third-order valence-electron chi connectivity index (χ3n) is 8.20. The maximum Gasteiger partial charge on any atom is 0.259 e. The lowest BCUT2D eigenvalue weighted by atomic mass is 9.93. The first-order valence-electron chi connectivity index (χ1n) is 14.1. The van der Waals surface area contributed by atoms with Gasteiger partial charge in [-0.1, -0.05) is 60.2 Å². The van der Waals surface area contributed by atoms with Crippen molar-refractivity contribution in [1.82, 2.24) is 34.3 Å². The molecule has 0 bridgehead atoms. The van der Waals surface area contributed by atoms with E-state index in [2.05, 4.69) is 82.2 Å². The van der Waals surface area contributed by atoms with Crippen molar-refractivity contribution >= 4 is 11.6 Å². The molecule has 1 fully saturated rings. The molecule has 0 unspecified atom stereocenters. The van der Waals surface area contributed by atoms with Gasteiger partial charge in [0.2, 0.25) is 0 Å². The topological polar surface area (TPSA) is 81.2 Å². The Bertz CT molecular complexity index is 1630. The maximum absolute atomic E-state index is 13.6. The number of likely N-dealkylation sites (tertiary alicyclic amines) is 1. The Hall–Kier alpha value is -4.33. The highest BCUT2D eigenvalue weighted by Gasteiger charge is 2.28. The number of benzene rings is 2. The summed E-state index contributed by atoms with van der Waals surface area (Å²) in [7, 11) is 0. The Kier molecular flexibility index (Phi) is 7.15. The summed E-state index contributed by atoms with van der Waals surface area (Å²) in [6, 6.07) is 19.0. The van der Waals surface area contributed by atoms with Gasteiger partial charge in [0.15, 0.2) is 5.65 Å². The molecule has 1 aliphatic rings. The average molecular weight is 534 g/mol. The van der Waals surface area contributed by atoms with Gasteiger partial charge < -0.3 is 9.47 Å². The van der Waals surface area contributed by atoms with Gasteiger partial charge in [-0.2, -0.15) is 5.10 Å². The van der Waals surface area contributed by atoms with Crippen LogP contribution in [0.15, 0.2) is 67.1 Å². The maximum atomic E-state index is 13.6. The highest BCUT2D eigenvalue weighted by molar-refractivity contribution is 5.99. The Balaban J connectivity index is 1.12. The Morgan fingerprint density at radius 2 is 1.70 bits per heavy atom. The van der Waals surface area contributed by atoms with E-state index in [0.717, 1.165) is 68.1 Å². The first-order valence-corrected chi connectivity index (χ1v) is 14.1. The molecule has 0 radical (unpaired) electrons. The summed E-state index contributed by atoms with van der Waals surface area (Å²) in [5.74, 6) is 1.49. The van der Waals surface area contributed by atoms with Crippen LogP contribution >= 0.6 is 0 Å². The van der Waals surface area contributed by atoms with Gasteiger partial charge in [0.1, 0.15) is 17.7 Å². The number of carbonyl (C=O) groups excluding carboxylic acids is 1. The van der Waals surface area contributed by atoms with Gasteiger partial charge >= 0.3 is 0 Å². The molecule has 0 N–H and O–H groups in total. The van der Waals surface area contributed by atoms with Crippen LogP contribution in [-0.4, -0.2) is 53.3 Å². The lowest BCUT2D eigenvalue weighted by Crippen LogP contribution is -2.39. The highest BCUT2D eigenvalue weighted by atomic mass is 16.2. The molecule has 1 aliphatic heterocycles. The van der Waals surface area contributed by atoms with E-state index in [4.69, 9.17) is 4.98 Å². The van der Waals surface area contributed by atoms with Crippen LogP contribution in [-0.2, 0) is 19.4 Å². The van der Waals surface area contributed by atoms with Crippen molar-refractivity contribution in [3.63, 3.8) is 0 Å². The molecule has 4 heterocycles. The number of hydrogen-bond donors (Lipinski definition) is 0. The molecule has 1 amide bonds. The summed E-state index contributed by atoms with van der Waals surface area (Å²) in [5.41, 5.74) is 8.06. The highest BCUT2D eigenvalue weighted by Crippen LogP contribution is 2.25. The summed E-state index contributed by atoms with van der Waals surface area (Å²) >= 11 is 0. The minimum Gasteiger partial charge on any atom is -0.338 e. The number of fused-ring (bicyclic) bond motifs is 1. The summed E-state index contributed by atoms with van der Waals surface area (Å²) < 4.78 is 3.96. The zero-order valence-electron chi connectivity index (χ0n) is 23.4. The largest absolute Gasteiger partial charge is 0.338 e. The molecule has 8 nitrogen and oxygen atoms in total. The molecule has 0 spiro atoms. The number of piperidine rings is 1. The fraction of sp³-hybridized carbons (Fsp3) is 0.344. The van der Waals surface area contributed by atoms with E-state index in [1.54, 1.807) is 6.20 Å². The van der Waals surface area contributed by atoms with Gasteiger partial charge in [-0.05, 0) is 56.2 Å². The molecule has 40 heavy (non-hydrogen) atoms. The molecule has 0 saturated carbocycles. The van der Waals surface area contributed by atoms with E-state index in [1.807, 2.05) is 28.7 Å². The summed E-state index contributed by atoms with van der Waals surface area (Å²) in [6.07, 6.45) is 7.04. The van der Waals surface area contributed by atoms with Crippen LogP contribution < -0.4 is 0 Å². The van der Waals surface area contributed by atoms with Gasteiger partial charge in [0.05, 0.1) is 12.7 Å². The molecular weight excluding hydrogens is 498 g/mol. The van der Waals surface area contributed by atoms with Crippen LogP contribution in [0, 0.1) is 26.7 Å². The molecule has 1 saturated heterocycles. The Morgan fingerprint density at radius 3 is 2.45 bits per heavy atom. The third kappa shape index (κ3) is 5.26. The van der Waals surface area contributed by atoms with Crippen molar-refractivity contribution in [2.45, 2.75) is 53.0 Å². The van der Waals surface area contributed by atoms with Crippen molar-refractivity contribution in [2.75, 3.05) is 13.1 Å². The standard InChI is InChI=1S/C32H35N7O/c1-22-9-11-25(12-10-22)17-28-23(2)35-31-29(19-34-39(31)24(28)3)32(40)37-15-13-26(14-16-37)18-30-36-33-21-38(30)20-27-7-5-4-6-8-27/h4-12,19,21,26H,13-18,20H2,1-3H3. The third-order valence-corrected chi connectivity index (χ3v) is 8.20. The molecule has 2 aromatic carbocycles. The van der Waals surface area contributed by atoms with Gasteiger partial charge in [-0.25, -0.2) is 9.50 Å². The number of amides is 1. The predicted molar refractivity (Wildman–Crippen MR) is 154 cm³/mol. The number of nitrogens with zero attached hydrogens (tertiary/aromatic N) is 7. The van der Waals surface area contributed by atoms with E-state index in [0.29, 0.717) is 17.1 Å². The van der Waals surface area contributed by atoms with E-state index < -0.39 is 0 Å². The van der Waals surface area contributed by atoms with Crippen LogP contribution in [0.4, 0.5) is 0 Å². The molecule has 8 heteroatoms. The predicted octanol–water partition coefficient (Wildman–Crippen LogP) is 4.98. The molecule has 3 aromatic heterocycles. The first kappa shape index (κ1) is 25.9. The lowest BCUT2D eigenvalue weighted by molar-refractivity contribution is 0.0691. The quantitative estimate of drug-likeness (QED) is 0.295. The second-order valence-corrected chi connectivity index (χ2v) is 11.0. The van der Waals surface area contributed by atoms with Crippen molar-refractivity contribution in [3.05, 3.63) is 112 Å². The van der Waals surface area contributed by atoms with Gasteiger partial charge in [0.25, 0.3) is 5.91 Å². The Morgan fingerprint density at radius 1 is 0.950 bits per heavy atom.